The standard InChI is InChI=1S/C22H30FN3O3/c1-3-19(26-10-4-5-20(26)27)22(29)25-11-8-17(9-12-25)21(28)24-14-16-7-6-15(2)18(23)13-16/h6-7,13,17,19H,3-5,8-12,14H2,1-2H3,(H,24,28)/t19-/m0/s1. The van der Waals surface area contributed by atoms with Crippen molar-refractivity contribution in [3.8, 4) is 0 Å². The molecule has 1 aromatic carbocycles. The molecule has 0 bridgehead atoms. The van der Waals surface area contributed by atoms with Gasteiger partial charge in [-0.1, -0.05) is 19.1 Å². The lowest BCUT2D eigenvalue weighted by Gasteiger charge is -2.36. The molecule has 3 amide bonds. The van der Waals surface area contributed by atoms with E-state index in [-0.39, 0.29) is 35.5 Å². The molecule has 0 aliphatic carbocycles. The van der Waals surface area contributed by atoms with Gasteiger partial charge in [0.15, 0.2) is 0 Å². The summed E-state index contributed by atoms with van der Waals surface area (Å²) >= 11 is 0. The predicted octanol–water partition coefficient (Wildman–Crippen LogP) is 2.39. The van der Waals surface area contributed by atoms with Gasteiger partial charge in [0.1, 0.15) is 11.9 Å². The van der Waals surface area contributed by atoms with Crippen molar-refractivity contribution in [2.75, 3.05) is 19.6 Å². The fourth-order valence-electron chi connectivity index (χ4n) is 4.18. The van der Waals surface area contributed by atoms with E-state index in [1.807, 2.05) is 13.0 Å². The van der Waals surface area contributed by atoms with E-state index in [1.165, 1.54) is 6.07 Å². The number of likely N-dealkylation sites (tertiary alicyclic amines) is 2. The monoisotopic (exact) mass is 403 g/mol. The minimum atomic E-state index is -0.383. The lowest BCUT2D eigenvalue weighted by atomic mass is 9.95. The molecule has 2 aliphatic rings. The second kappa shape index (κ2) is 9.37. The molecule has 0 unspecified atom stereocenters. The van der Waals surface area contributed by atoms with Gasteiger partial charge in [-0.2, -0.15) is 0 Å². The van der Waals surface area contributed by atoms with E-state index in [4.69, 9.17) is 0 Å². The average molecular weight is 403 g/mol. The highest BCUT2D eigenvalue weighted by Gasteiger charge is 2.36. The molecule has 1 N–H and O–H groups in total. The third-order valence-electron chi connectivity index (χ3n) is 6.04. The number of amides is 3. The number of aryl methyl sites for hydroxylation is 1. The molecule has 1 aromatic rings. The summed E-state index contributed by atoms with van der Waals surface area (Å²) in [6.07, 6.45) is 3.15. The highest BCUT2D eigenvalue weighted by molar-refractivity contribution is 5.89. The van der Waals surface area contributed by atoms with Crippen molar-refractivity contribution in [3.63, 3.8) is 0 Å². The zero-order chi connectivity index (χ0) is 21.0. The van der Waals surface area contributed by atoms with Gasteiger partial charge in [-0.15, -0.1) is 0 Å². The van der Waals surface area contributed by atoms with Crippen LogP contribution in [0.1, 0.15) is 50.2 Å². The van der Waals surface area contributed by atoms with Crippen LogP contribution in [0.15, 0.2) is 18.2 Å². The van der Waals surface area contributed by atoms with Crippen LogP contribution in [0, 0.1) is 18.7 Å². The van der Waals surface area contributed by atoms with Crippen molar-refractivity contribution in [1.29, 1.82) is 0 Å². The largest absolute Gasteiger partial charge is 0.352 e. The Labute approximate surface area is 171 Å². The van der Waals surface area contributed by atoms with E-state index in [0.29, 0.717) is 57.4 Å². The lowest BCUT2D eigenvalue weighted by Crippen LogP contribution is -2.51. The Morgan fingerprint density at radius 1 is 1.24 bits per heavy atom. The van der Waals surface area contributed by atoms with Crippen molar-refractivity contribution in [2.45, 2.75) is 58.5 Å². The topological polar surface area (TPSA) is 69.7 Å². The van der Waals surface area contributed by atoms with Crippen LogP contribution in [0.2, 0.25) is 0 Å². The highest BCUT2D eigenvalue weighted by Crippen LogP contribution is 2.22. The number of carbonyl (C=O) groups excluding carboxylic acids is 3. The summed E-state index contributed by atoms with van der Waals surface area (Å²) in [5.74, 6) is -0.419. The molecule has 2 aliphatic heterocycles. The number of nitrogens with one attached hydrogen (secondary N) is 1. The predicted molar refractivity (Wildman–Crippen MR) is 107 cm³/mol. The number of piperidine rings is 1. The summed E-state index contributed by atoms with van der Waals surface area (Å²) in [6.45, 7) is 5.63. The number of nitrogens with zero attached hydrogens (tertiary/aromatic N) is 2. The molecule has 0 saturated carbocycles. The molecule has 2 heterocycles. The van der Waals surface area contributed by atoms with Crippen LogP contribution < -0.4 is 5.32 Å². The van der Waals surface area contributed by atoms with Crippen molar-refractivity contribution in [2.24, 2.45) is 5.92 Å². The van der Waals surface area contributed by atoms with Gasteiger partial charge in [-0.3, -0.25) is 14.4 Å². The molecular weight excluding hydrogens is 373 g/mol. The van der Waals surface area contributed by atoms with Crippen LogP contribution in [0.3, 0.4) is 0 Å². The van der Waals surface area contributed by atoms with Gasteiger partial charge in [-0.05, 0) is 49.8 Å². The Morgan fingerprint density at radius 3 is 2.55 bits per heavy atom. The molecule has 0 radical (unpaired) electrons. The van der Waals surface area contributed by atoms with Crippen molar-refractivity contribution in [3.05, 3.63) is 35.1 Å². The first-order valence-corrected chi connectivity index (χ1v) is 10.5. The maximum atomic E-state index is 13.6. The van der Waals surface area contributed by atoms with E-state index in [1.54, 1.807) is 22.8 Å². The summed E-state index contributed by atoms with van der Waals surface area (Å²) < 4.78 is 13.6. The van der Waals surface area contributed by atoms with Crippen molar-refractivity contribution < 1.29 is 18.8 Å². The first-order chi connectivity index (χ1) is 13.9. The minimum absolute atomic E-state index is 0.00302. The van der Waals surface area contributed by atoms with Gasteiger partial charge >= 0.3 is 0 Å². The maximum Gasteiger partial charge on any atom is 0.245 e. The van der Waals surface area contributed by atoms with Crippen LogP contribution in [-0.2, 0) is 20.9 Å². The van der Waals surface area contributed by atoms with Gasteiger partial charge in [0.2, 0.25) is 17.7 Å². The molecule has 7 heteroatoms. The lowest BCUT2D eigenvalue weighted by molar-refractivity contribution is -0.145. The van der Waals surface area contributed by atoms with Crippen molar-refractivity contribution >= 4 is 17.7 Å². The fourth-order valence-corrected chi connectivity index (χ4v) is 4.18. The Kier molecular flexibility index (Phi) is 6.87. The van der Waals surface area contributed by atoms with E-state index in [2.05, 4.69) is 5.32 Å². The summed E-state index contributed by atoms with van der Waals surface area (Å²) in [5, 5.41) is 2.88. The van der Waals surface area contributed by atoms with Crippen molar-refractivity contribution in [1.82, 2.24) is 15.1 Å². The van der Waals surface area contributed by atoms with Gasteiger partial charge in [0.25, 0.3) is 0 Å². The summed E-state index contributed by atoms with van der Waals surface area (Å²) in [5.41, 5.74) is 1.31. The second-order valence-electron chi connectivity index (χ2n) is 8.02. The smallest absolute Gasteiger partial charge is 0.245 e. The normalized spacial score (nSPS) is 18.8. The van der Waals surface area contributed by atoms with Crippen LogP contribution in [0.5, 0.6) is 0 Å². The van der Waals surface area contributed by atoms with Crippen LogP contribution >= 0.6 is 0 Å². The molecule has 6 nitrogen and oxygen atoms in total. The molecular formula is C22H30FN3O3. The number of halogens is 1. The van der Waals surface area contributed by atoms with Gasteiger partial charge in [-0.25, -0.2) is 4.39 Å². The van der Waals surface area contributed by atoms with Crippen LogP contribution in [0.25, 0.3) is 0 Å². The number of hydrogen-bond acceptors (Lipinski definition) is 3. The van der Waals surface area contributed by atoms with Crippen LogP contribution in [-0.4, -0.2) is 53.2 Å². The molecule has 0 spiro atoms. The maximum absolute atomic E-state index is 13.6. The van der Waals surface area contributed by atoms with Gasteiger partial charge in [0.05, 0.1) is 0 Å². The third-order valence-corrected chi connectivity index (χ3v) is 6.04. The Bertz CT molecular complexity index is 775. The molecule has 2 fully saturated rings. The number of hydrogen-bond donors (Lipinski definition) is 1. The molecule has 2 saturated heterocycles. The number of rotatable bonds is 6. The van der Waals surface area contributed by atoms with Gasteiger partial charge in [0, 0.05) is 38.5 Å². The SMILES string of the molecule is CC[C@@H](C(=O)N1CCC(C(=O)NCc2ccc(C)c(F)c2)CC1)N1CCCC1=O. The average Bonchev–Trinajstić information content (AvgIpc) is 3.15. The third kappa shape index (κ3) is 4.95. The second-order valence-corrected chi connectivity index (χ2v) is 8.02. The summed E-state index contributed by atoms with van der Waals surface area (Å²) in [7, 11) is 0. The molecule has 3 rings (SSSR count). The Balaban J connectivity index is 1.48. The number of carbonyl (C=O) groups is 3. The summed E-state index contributed by atoms with van der Waals surface area (Å²) in [6, 6.07) is 4.58. The Hall–Kier alpha value is -2.44. The minimum Gasteiger partial charge on any atom is -0.352 e. The molecule has 1 atom stereocenters. The molecule has 0 aromatic heterocycles. The van der Waals surface area contributed by atoms with Crippen LogP contribution in [0.4, 0.5) is 4.39 Å². The first-order valence-electron chi connectivity index (χ1n) is 10.5. The first kappa shape index (κ1) is 21.3. The molecule has 29 heavy (non-hydrogen) atoms. The van der Waals surface area contributed by atoms with E-state index in [9.17, 15) is 18.8 Å². The number of benzene rings is 1. The Morgan fingerprint density at radius 2 is 1.97 bits per heavy atom. The zero-order valence-corrected chi connectivity index (χ0v) is 17.2. The zero-order valence-electron chi connectivity index (χ0n) is 17.2. The van der Waals surface area contributed by atoms with E-state index in [0.717, 1.165) is 12.0 Å². The fraction of sp³-hybridized carbons (Fsp3) is 0.591. The highest BCUT2D eigenvalue weighted by atomic mass is 19.1. The van der Waals surface area contributed by atoms with E-state index >= 15 is 0 Å². The quantitative estimate of drug-likeness (QED) is 0.793. The molecule has 158 valence electrons. The summed E-state index contributed by atoms with van der Waals surface area (Å²) in [4.78, 5) is 40.9. The van der Waals surface area contributed by atoms with E-state index < -0.39 is 0 Å². The van der Waals surface area contributed by atoms with Gasteiger partial charge < -0.3 is 15.1 Å².